The van der Waals surface area contributed by atoms with Crippen molar-refractivity contribution in [3.8, 4) is 0 Å². The van der Waals surface area contributed by atoms with E-state index in [4.69, 9.17) is 0 Å². The highest BCUT2D eigenvalue weighted by molar-refractivity contribution is 5.54. The minimum absolute atomic E-state index is 0.345. The van der Waals surface area contributed by atoms with Gasteiger partial charge in [0.15, 0.2) is 11.6 Å². The average Bonchev–Trinajstić information content (AvgIpc) is 2.12. The maximum Gasteiger partial charge on any atom is 0.164 e. The van der Waals surface area contributed by atoms with Gasteiger partial charge < -0.3 is 5.32 Å². The summed E-state index contributed by atoms with van der Waals surface area (Å²) in [5.74, 6) is -1.45. The summed E-state index contributed by atoms with van der Waals surface area (Å²) < 4.78 is 26.0. The molecule has 13 heavy (non-hydrogen) atoms. The molecule has 1 atom stereocenters. The van der Waals surface area contributed by atoms with Crippen molar-refractivity contribution in [1.82, 2.24) is 0 Å². The van der Waals surface area contributed by atoms with Gasteiger partial charge >= 0.3 is 0 Å². The fraction of sp³-hybridized carbons (Fsp3) is 0.400. The molecular weight excluding hydrogens is 172 g/mol. The maximum atomic E-state index is 13.2. The molecule has 0 unspecified atom stereocenters. The molecule has 1 nitrogen and oxygen atoms in total. The number of halogens is 2. The van der Waals surface area contributed by atoms with Gasteiger partial charge in [-0.1, -0.05) is 0 Å². The predicted octanol–water partition coefficient (Wildman–Crippen LogP) is 2.71. The number of nitrogens with one attached hydrogen (secondary N) is 1. The first-order valence-corrected chi connectivity index (χ1v) is 4.42. The van der Waals surface area contributed by atoms with Crippen LogP contribution in [0.5, 0.6) is 0 Å². The van der Waals surface area contributed by atoms with Crippen LogP contribution in [0.25, 0.3) is 0 Å². The Morgan fingerprint density at radius 1 is 1.38 bits per heavy atom. The average molecular weight is 183 g/mol. The van der Waals surface area contributed by atoms with E-state index in [1.165, 1.54) is 6.07 Å². The van der Waals surface area contributed by atoms with Crippen LogP contribution in [0, 0.1) is 11.6 Å². The van der Waals surface area contributed by atoms with E-state index in [0.29, 0.717) is 18.0 Å². The Kier molecular flexibility index (Phi) is 1.94. The summed E-state index contributed by atoms with van der Waals surface area (Å²) in [4.78, 5) is 0. The molecule has 1 aliphatic rings. The van der Waals surface area contributed by atoms with E-state index >= 15 is 0 Å². The molecule has 1 N–H and O–H groups in total. The minimum Gasteiger partial charge on any atom is -0.382 e. The topological polar surface area (TPSA) is 12.0 Å². The van der Waals surface area contributed by atoms with Crippen molar-refractivity contribution in [1.29, 1.82) is 0 Å². The van der Waals surface area contributed by atoms with Crippen LogP contribution in [0.3, 0.4) is 0 Å². The number of hydrogen-bond acceptors (Lipinski definition) is 1. The van der Waals surface area contributed by atoms with Crippen LogP contribution in [0.2, 0.25) is 0 Å². The van der Waals surface area contributed by atoms with Gasteiger partial charge in [0.05, 0.1) is 0 Å². The van der Waals surface area contributed by atoms with Gasteiger partial charge in [0, 0.05) is 17.3 Å². The van der Waals surface area contributed by atoms with Crippen molar-refractivity contribution in [2.24, 2.45) is 0 Å². The Labute approximate surface area is 75.8 Å². The molecule has 1 aliphatic heterocycles. The lowest BCUT2D eigenvalue weighted by molar-refractivity contribution is 0.492. The van der Waals surface area contributed by atoms with Gasteiger partial charge in [-0.15, -0.1) is 0 Å². The number of anilines is 1. The Morgan fingerprint density at radius 3 is 2.92 bits per heavy atom. The quantitative estimate of drug-likeness (QED) is 0.652. The van der Waals surface area contributed by atoms with Gasteiger partial charge in [-0.05, 0) is 31.9 Å². The summed E-state index contributed by atoms with van der Waals surface area (Å²) in [6.07, 6.45) is 1.47. The molecular formula is C10H11F2N. The first-order chi connectivity index (χ1) is 6.18. The molecule has 0 bridgehead atoms. The largest absolute Gasteiger partial charge is 0.382 e. The summed E-state index contributed by atoms with van der Waals surface area (Å²) in [7, 11) is 0. The van der Waals surface area contributed by atoms with E-state index in [2.05, 4.69) is 5.32 Å². The standard InChI is InChI=1S/C10H11F2N/c1-6-2-3-7-9(13-6)5-4-8(11)10(7)12/h4-6,13H,2-3H2,1H3/t6-/m0/s1. The van der Waals surface area contributed by atoms with Crippen LogP contribution < -0.4 is 5.32 Å². The fourth-order valence-corrected chi connectivity index (χ4v) is 1.67. The van der Waals surface area contributed by atoms with Gasteiger partial charge in [0.25, 0.3) is 0 Å². The zero-order valence-corrected chi connectivity index (χ0v) is 7.40. The molecule has 3 heteroatoms. The lowest BCUT2D eigenvalue weighted by Gasteiger charge is -2.24. The van der Waals surface area contributed by atoms with Crippen LogP contribution in [0.1, 0.15) is 18.9 Å². The SMILES string of the molecule is C[C@H]1CCc2c(ccc(F)c2F)N1. The van der Waals surface area contributed by atoms with Crippen LogP contribution >= 0.6 is 0 Å². The van der Waals surface area contributed by atoms with E-state index < -0.39 is 11.6 Å². The van der Waals surface area contributed by atoms with Gasteiger partial charge in [0.1, 0.15) is 0 Å². The second-order valence-electron chi connectivity index (χ2n) is 3.47. The molecule has 1 aromatic rings. The van der Waals surface area contributed by atoms with Gasteiger partial charge in [-0.25, -0.2) is 8.78 Å². The highest BCUT2D eigenvalue weighted by Crippen LogP contribution is 2.28. The van der Waals surface area contributed by atoms with Gasteiger partial charge in [0.2, 0.25) is 0 Å². The smallest absolute Gasteiger partial charge is 0.164 e. The van der Waals surface area contributed by atoms with E-state index in [1.807, 2.05) is 6.92 Å². The normalized spacial score (nSPS) is 20.7. The monoisotopic (exact) mass is 183 g/mol. The second kappa shape index (κ2) is 2.98. The maximum absolute atomic E-state index is 13.2. The zero-order chi connectivity index (χ0) is 9.42. The van der Waals surface area contributed by atoms with Crippen molar-refractivity contribution in [3.05, 3.63) is 29.3 Å². The number of fused-ring (bicyclic) bond motifs is 1. The molecule has 0 fully saturated rings. The van der Waals surface area contributed by atoms with Crippen molar-refractivity contribution >= 4 is 5.69 Å². The highest BCUT2D eigenvalue weighted by atomic mass is 19.2. The van der Waals surface area contributed by atoms with Crippen LogP contribution in [-0.4, -0.2) is 6.04 Å². The zero-order valence-electron chi connectivity index (χ0n) is 7.40. The lowest BCUT2D eigenvalue weighted by Crippen LogP contribution is -2.23. The fourth-order valence-electron chi connectivity index (χ4n) is 1.67. The Balaban J connectivity index is 2.47. The first-order valence-electron chi connectivity index (χ1n) is 4.42. The van der Waals surface area contributed by atoms with Crippen molar-refractivity contribution in [2.75, 3.05) is 5.32 Å². The Bertz CT molecular complexity index is 336. The van der Waals surface area contributed by atoms with Gasteiger partial charge in [-0.3, -0.25) is 0 Å². The summed E-state index contributed by atoms with van der Waals surface area (Å²) in [5.41, 5.74) is 1.22. The molecule has 1 heterocycles. The number of hydrogen-bond donors (Lipinski definition) is 1. The molecule has 0 amide bonds. The molecule has 1 aromatic carbocycles. The third-order valence-electron chi connectivity index (χ3n) is 2.43. The van der Waals surface area contributed by atoms with Gasteiger partial charge in [-0.2, -0.15) is 0 Å². The number of benzene rings is 1. The molecule has 0 radical (unpaired) electrons. The second-order valence-corrected chi connectivity index (χ2v) is 3.47. The predicted molar refractivity (Wildman–Crippen MR) is 47.8 cm³/mol. The minimum atomic E-state index is -0.755. The highest BCUT2D eigenvalue weighted by Gasteiger charge is 2.19. The van der Waals surface area contributed by atoms with Crippen molar-refractivity contribution in [3.63, 3.8) is 0 Å². The van der Waals surface area contributed by atoms with Crippen LogP contribution in [0.4, 0.5) is 14.5 Å². The van der Waals surface area contributed by atoms with E-state index in [1.54, 1.807) is 6.07 Å². The molecule has 0 aromatic heterocycles. The third kappa shape index (κ3) is 1.39. The molecule has 0 aliphatic carbocycles. The van der Waals surface area contributed by atoms with E-state index in [9.17, 15) is 8.78 Å². The molecule has 0 saturated carbocycles. The molecule has 2 rings (SSSR count). The molecule has 0 saturated heterocycles. The van der Waals surface area contributed by atoms with Crippen LogP contribution in [0.15, 0.2) is 12.1 Å². The first kappa shape index (κ1) is 8.48. The summed E-state index contributed by atoms with van der Waals surface area (Å²) in [6.45, 7) is 2.03. The summed E-state index contributed by atoms with van der Waals surface area (Å²) in [6, 6.07) is 3.11. The third-order valence-corrected chi connectivity index (χ3v) is 2.43. The summed E-state index contributed by atoms with van der Waals surface area (Å²) in [5, 5.41) is 3.12. The summed E-state index contributed by atoms with van der Waals surface area (Å²) >= 11 is 0. The lowest BCUT2D eigenvalue weighted by atomic mass is 9.98. The molecule has 0 spiro atoms. The van der Waals surface area contributed by atoms with Crippen LogP contribution in [-0.2, 0) is 6.42 Å². The van der Waals surface area contributed by atoms with Crippen molar-refractivity contribution in [2.45, 2.75) is 25.8 Å². The van der Waals surface area contributed by atoms with Crippen molar-refractivity contribution < 1.29 is 8.78 Å². The number of rotatable bonds is 0. The Morgan fingerprint density at radius 2 is 2.15 bits per heavy atom. The van der Waals surface area contributed by atoms with E-state index in [-0.39, 0.29) is 0 Å². The Hall–Kier alpha value is -1.12. The van der Waals surface area contributed by atoms with E-state index in [0.717, 1.165) is 12.1 Å². The molecule has 70 valence electrons.